The van der Waals surface area contributed by atoms with E-state index in [0.717, 1.165) is 14.6 Å². The summed E-state index contributed by atoms with van der Waals surface area (Å²) in [6, 6.07) is 13.0. The summed E-state index contributed by atoms with van der Waals surface area (Å²) in [4.78, 5) is 12.3. The van der Waals surface area contributed by atoms with Crippen LogP contribution in [0, 0.1) is 0 Å². The summed E-state index contributed by atoms with van der Waals surface area (Å²) in [5.74, 6) is 0.277. The fourth-order valence-electron chi connectivity index (χ4n) is 2.02. The number of carbonyl (C=O) groups is 1. The molecule has 0 aliphatic rings. The first-order valence-corrected chi connectivity index (χ1v) is 8.87. The van der Waals surface area contributed by atoms with Crippen molar-refractivity contribution in [2.75, 3.05) is 19.0 Å². The molecule has 0 aliphatic carbocycles. The molecule has 1 N–H and O–H groups in total. The fourth-order valence-corrected chi connectivity index (χ4v) is 3.18. The first-order chi connectivity index (χ1) is 11.5. The number of hydrogen-bond donors (Lipinski definition) is 1. The molecule has 0 heterocycles. The van der Waals surface area contributed by atoms with Gasteiger partial charge in [0.05, 0.1) is 25.0 Å². The zero-order valence-corrected chi connectivity index (χ0v) is 16.5. The maximum Gasteiger partial charge on any atom is 0.340 e. The summed E-state index contributed by atoms with van der Waals surface area (Å²) < 4.78 is 12.2. The number of methoxy groups -OCH3 is 1. The molecule has 6 heteroatoms. The molecule has 2 rings (SSSR count). The van der Waals surface area contributed by atoms with Crippen LogP contribution in [0.1, 0.15) is 12.5 Å². The molecule has 0 radical (unpaired) electrons. The van der Waals surface area contributed by atoms with Crippen molar-refractivity contribution in [3.05, 3.63) is 63.2 Å². The first kappa shape index (κ1) is 18.5. The van der Waals surface area contributed by atoms with Gasteiger partial charge in [0.1, 0.15) is 5.75 Å². The molecule has 2 aromatic rings. The second kappa shape index (κ2) is 8.89. The molecule has 2 aromatic carbocycles. The van der Waals surface area contributed by atoms with Crippen LogP contribution in [-0.2, 0) is 9.53 Å². The molecule has 0 atom stereocenters. The van der Waals surface area contributed by atoms with E-state index >= 15 is 0 Å². The number of nitrogens with one attached hydrogen (secondary N) is 1. The third-order valence-electron chi connectivity index (χ3n) is 3.18. The molecule has 0 aliphatic heterocycles. The monoisotopic (exact) mass is 453 g/mol. The van der Waals surface area contributed by atoms with Crippen molar-refractivity contribution in [1.29, 1.82) is 0 Å². The molecule has 24 heavy (non-hydrogen) atoms. The van der Waals surface area contributed by atoms with Gasteiger partial charge >= 0.3 is 5.97 Å². The molecule has 0 saturated carbocycles. The van der Waals surface area contributed by atoms with E-state index < -0.39 is 5.97 Å². The fraction of sp³-hybridized carbons (Fsp3) is 0.167. The minimum Gasteiger partial charge on any atom is -0.497 e. The van der Waals surface area contributed by atoms with Gasteiger partial charge in [-0.15, -0.1) is 0 Å². The van der Waals surface area contributed by atoms with Gasteiger partial charge < -0.3 is 14.8 Å². The second-order valence-electron chi connectivity index (χ2n) is 4.78. The molecule has 126 valence electrons. The smallest absolute Gasteiger partial charge is 0.340 e. The lowest BCUT2D eigenvalue weighted by Gasteiger charge is -2.11. The van der Waals surface area contributed by atoms with E-state index in [-0.39, 0.29) is 0 Å². The van der Waals surface area contributed by atoms with Gasteiger partial charge in [-0.05, 0) is 58.7 Å². The van der Waals surface area contributed by atoms with Gasteiger partial charge in [-0.3, -0.25) is 0 Å². The van der Waals surface area contributed by atoms with Crippen LogP contribution in [0.3, 0.4) is 0 Å². The van der Waals surface area contributed by atoms with Gasteiger partial charge in [-0.25, -0.2) is 4.79 Å². The zero-order chi connectivity index (χ0) is 17.5. The lowest BCUT2D eigenvalue weighted by atomic mass is 10.1. The summed E-state index contributed by atoms with van der Waals surface area (Å²) in [6.45, 7) is 2.09. The van der Waals surface area contributed by atoms with E-state index in [1.807, 2.05) is 36.4 Å². The number of rotatable bonds is 6. The van der Waals surface area contributed by atoms with Crippen molar-refractivity contribution in [3.8, 4) is 5.75 Å². The van der Waals surface area contributed by atoms with Crippen LogP contribution >= 0.6 is 31.9 Å². The Morgan fingerprint density at radius 2 is 2.00 bits per heavy atom. The van der Waals surface area contributed by atoms with Gasteiger partial charge in [-0.1, -0.05) is 28.1 Å². The first-order valence-electron chi connectivity index (χ1n) is 7.28. The highest BCUT2D eigenvalue weighted by atomic mass is 79.9. The maximum absolute atomic E-state index is 12.3. The van der Waals surface area contributed by atoms with Gasteiger partial charge in [0.25, 0.3) is 0 Å². The van der Waals surface area contributed by atoms with E-state index in [9.17, 15) is 4.79 Å². The highest BCUT2D eigenvalue weighted by Gasteiger charge is 2.14. The lowest BCUT2D eigenvalue weighted by Crippen LogP contribution is -2.09. The average molecular weight is 455 g/mol. The SMILES string of the molecule is CCOC(=O)/C(=C/Nc1ccc(Br)cc1Br)c1cccc(OC)c1. The number of benzene rings is 2. The van der Waals surface area contributed by atoms with Crippen molar-refractivity contribution in [3.63, 3.8) is 0 Å². The van der Waals surface area contributed by atoms with Crippen LogP contribution in [0.2, 0.25) is 0 Å². The van der Waals surface area contributed by atoms with E-state index in [0.29, 0.717) is 23.5 Å². The maximum atomic E-state index is 12.3. The quantitative estimate of drug-likeness (QED) is 0.479. The molecular weight excluding hydrogens is 438 g/mol. The Kier molecular flexibility index (Phi) is 6.87. The molecule has 4 nitrogen and oxygen atoms in total. The molecule has 0 unspecified atom stereocenters. The Bertz CT molecular complexity index is 760. The minimum absolute atomic E-state index is 0.308. The van der Waals surface area contributed by atoms with Crippen molar-refractivity contribution < 1.29 is 14.3 Å². The van der Waals surface area contributed by atoms with Crippen molar-refractivity contribution >= 4 is 49.1 Å². The van der Waals surface area contributed by atoms with Crippen LogP contribution < -0.4 is 10.1 Å². The van der Waals surface area contributed by atoms with Gasteiger partial charge in [-0.2, -0.15) is 0 Å². The largest absolute Gasteiger partial charge is 0.497 e. The second-order valence-corrected chi connectivity index (χ2v) is 6.55. The number of esters is 1. The Hall–Kier alpha value is -1.79. The number of ether oxygens (including phenoxy) is 2. The number of halogens is 2. The number of anilines is 1. The zero-order valence-electron chi connectivity index (χ0n) is 13.3. The minimum atomic E-state index is -0.397. The predicted octanol–water partition coefficient (Wildman–Crippen LogP) is 5.24. The van der Waals surface area contributed by atoms with E-state index in [4.69, 9.17) is 9.47 Å². The molecule has 0 aromatic heterocycles. The summed E-state index contributed by atoms with van der Waals surface area (Å²) >= 11 is 6.90. The van der Waals surface area contributed by atoms with Crippen molar-refractivity contribution in [2.45, 2.75) is 6.92 Å². The summed E-state index contributed by atoms with van der Waals surface area (Å²) in [5, 5.41) is 3.14. The van der Waals surface area contributed by atoms with E-state index in [1.165, 1.54) is 0 Å². The summed E-state index contributed by atoms with van der Waals surface area (Å²) in [6.07, 6.45) is 1.64. The van der Waals surface area contributed by atoms with Gasteiger partial charge in [0, 0.05) is 15.1 Å². The standard InChI is InChI=1S/C18H17Br2NO3/c1-3-24-18(22)15(12-5-4-6-14(9-12)23-2)11-21-17-8-7-13(19)10-16(17)20/h4-11,21H,3H2,1-2H3/b15-11+. The van der Waals surface area contributed by atoms with Gasteiger partial charge in [0.15, 0.2) is 0 Å². The summed E-state index contributed by atoms with van der Waals surface area (Å²) in [5.41, 5.74) is 1.97. The van der Waals surface area contributed by atoms with Gasteiger partial charge in [0.2, 0.25) is 0 Å². The third-order valence-corrected chi connectivity index (χ3v) is 4.33. The molecular formula is C18H17Br2NO3. The van der Waals surface area contributed by atoms with Crippen LogP contribution in [0.5, 0.6) is 5.75 Å². The molecule has 0 fully saturated rings. The van der Waals surface area contributed by atoms with Crippen molar-refractivity contribution in [2.24, 2.45) is 0 Å². The molecule has 0 spiro atoms. The lowest BCUT2D eigenvalue weighted by molar-refractivity contribution is -0.136. The highest BCUT2D eigenvalue weighted by molar-refractivity contribution is 9.11. The predicted molar refractivity (Wildman–Crippen MR) is 103 cm³/mol. The topological polar surface area (TPSA) is 47.6 Å². The third kappa shape index (κ3) is 4.85. The van der Waals surface area contributed by atoms with Crippen LogP contribution in [0.15, 0.2) is 57.6 Å². The Morgan fingerprint density at radius 1 is 1.21 bits per heavy atom. The van der Waals surface area contributed by atoms with E-state index in [2.05, 4.69) is 37.2 Å². The number of carbonyl (C=O) groups excluding carboxylic acids is 1. The highest BCUT2D eigenvalue weighted by Crippen LogP contribution is 2.27. The van der Waals surface area contributed by atoms with E-state index in [1.54, 1.807) is 26.3 Å². The van der Waals surface area contributed by atoms with Crippen LogP contribution in [0.4, 0.5) is 5.69 Å². The normalized spacial score (nSPS) is 11.1. The molecule has 0 amide bonds. The Balaban J connectivity index is 2.36. The van der Waals surface area contributed by atoms with Crippen LogP contribution in [0.25, 0.3) is 5.57 Å². The average Bonchev–Trinajstić information content (AvgIpc) is 2.57. The molecule has 0 bridgehead atoms. The number of hydrogen-bond acceptors (Lipinski definition) is 4. The van der Waals surface area contributed by atoms with Crippen LogP contribution in [-0.4, -0.2) is 19.7 Å². The molecule has 0 saturated heterocycles. The summed E-state index contributed by atoms with van der Waals surface area (Å²) in [7, 11) is 1.59. The Labute approximate surface area is 158 Å². The van der Waals surface area contributed by atoms with Crippen molar-refractivity contribution in [1.82, 2.24) is 0 Å². The Morgan fingerprint density at radius 3 is 2.67 bits per heavy atom.